The molecule has 0 amide bonds. The zero-order chi connectivity index (χ0) is 26.9. The van der Waals surface area contributed by atoms with Gasteiger partial charge >= 0.3 is 0 Å². The second kappa shape index (κ2) is 11.2. The average Bonchev–Trinajstić information content (AvgIpc) is 2.78. The van der Waals surface area contributed by atoms with Crippen LogP contribution in [0.5, 0.6) is 0 Å². The molecule has 1 aliphatic heterocycles. The fourth-order valence-corrected chi connectivity index (χ4v) is 7.28. The van der Waals surface area contributed by atoms with Crippen LogP contribution in [-0.2, 0) is 25.8 Å². The first-order valence-electron chi connectivity index (χ1n) is 12.7. The topological polar surface area (TPSA) is 71.7 Å². The van der Waals surface area contributed by atoms with Crippen molar-refractivity contribution in [1.29, 1.82) is 5.26 Å². The van der Waals surface area contributed by atoms with Crippen molar-refractivity contribution < 1.29 is 18.7 Å². The number of hydrogen-bond acceptors (Lipinski definition) is 5. The van der Waals surface area contributed by atoms with Gasteiger partial charge in [0.1, 0.15) is 6.10 Å². The number of rotatable bonds is 8. The summed E-state index contributed by atoms with van der Waals surface area (Å²) in [5.74, 6) is -1.63. The first-order valence-corrected chi connectivity index (χ1v) is 20.3. The Hall–Kier alpha value is -1.32. The summed E-state index contributed by atoms with van der Waals surface area (Å²) in [5, 5.41) is 22.2. The molecule has 1 aliphatic rings. The Labute approximate surface area is 227 Å². The van der Waals surface area contributed by atoms with Crippen molar-refractivity contribution in [3.8, 4) is 6.07 Å². The maximum absolute atomic E-state index is 12.4. The van der Waals surface area contributed by atoms with E-state index in [0.29, 0.717) is 17.5 Å². The molecule has 8 heteroatoms. The number of benzene rings is 2. The molecular weight excluding hydrogens is 550 g/mol. The van der Waals surface area contributed by atoms with Gasteiger partial charge in [-0.05, 0) is 87.5 Å². The molecule has 1 heterocycles. The lowest BCUT2D eigenvalue weighted by Gasteiger charge is -2.53. The van der Waals surface area contributed by atoms with E-state index in [1.165, 1.54) is 0 Å². The summed E-state index contributed by atoms with van der Waals surface area (Å²) < 4.78 is 20.9. The molecule has 2 aromatic carbocycles. The first-order chi connectivity index (χ1) is 16.7. The van der Waals surface area contributed by atoms with Crippen molar-refractivity contribution in [3.05, 3.63) is 69.2 Å². The third kappa shape index (κ3) is 6.96. The molecule has 5 atom stereocenters. The quantitative estimate of drug-likeness (QED) is 0.337. The molecule has 0 bridgehead atoms. The van der Waals surface area contributed by atoms with Gasteiger partial charge in [0.05, 0.1) is 23.8 Å². The van der Waals surface area contributed by atoms with Crippen LogP contribution in [0.2, 0.25) is 39.3 Å². The van der Waals surface area contributed by atoms with Crippen molar-refractivity contribution in [2.24, 2.45) is 5.92 Å². The van der Waals surface area contributed by atoms with Gasteiger partial charge in [0.2, 0.25) is 5.79 Å². The molecule has 1 saturated heterocycles. The van der Waals surface area contributed by atoms with Gasteiger partial charge in [-0.25, -0.2) is 0 Å². The van der Waals surface area contributed by atoms with E-state index in [4.69, 9.17) is 13.6 Å². The van der Waals surface area contributed by atoms with Crippen LogP contribution in [0, 0.1) is 17.2 Å². The van der Waals surface area contributed by atoms with E-state index in [2.05, 4.69) is 75.1 Å². The predicted molar refractivity (Wildman–Crippen MR) is 153 cm³/mol. The molecule has 3 rings (SSSR count). The molecule has 196 valence electrons. The Morgan fingerprint density at radius 2 is 1.64 bits per heavy atom. The summed E-state index contributed by atoms with van der Waals surface area (Å²) in [6.45, 7) is 17.1. The molecule has 0 aromatic heterocycles. The second-order valence-electron chi connectivity index (χ2n) is 11.8. The van der Waals surface area contributed by atoms with Crippen LogP contribution < -0.4 is 0 Å². The van der Waals surface area contributed by atoms with E-state index in [1.807, 2.05) is 30.3 Å². The number of hydrogen-bond donors (Lipinski definition) is 1. The summed E-state index contributed by atoms with van der Waals surface area (Å²) in [6.07, 6.45) is 0.141. The monoisotopic (exact) mass is 589 g/mol. The lowest BCUT2D eigenvalue weighted by atomic mass is 9.82. The Bertz CT molecular complexity index is 1090. The number of ether oxygens (including phenoxy) is 1. The minimum Gasteiger partial charge on any atom is -0.412 e. The molecule has 0 aliphatic carbocycles. The molecule has 1 N–H and O–H groups in total. The molecule has 1 fully saturated rings. The number of aliphatic hydroxyl groups is 1. The van der Waals surface area contributed by atoms with Gasteiger partial charge in [0, 0.05) is 16.0 Å². The van der Waals surface area contributed by atoms with Crippen molar-refractivity contribution in [2.45, 2.75) is 90.1 Å². The van der Waals surface area contributed by atoms with E-state index >= 15 is 0 Å². The highest BCUT2D eigenvalue weighted by atomic mass is 79.9. The lowest BCUT2D eigenvalue weighted by molar-refractivity contribution is -0.339. The summed E-state index contributed by atoms with van der Waals surface area (Å²) in [4.78, 5) is 0. The lowest BCUT2D eigenvalue weighted by Crippen LogP contribution is -2.64. The molecule has 0 saturated carbocycles. The molecule has 5 nitrogen and oxygen atoms in total. The number of nitrogens with zero attached hydrogens (tertiary/aromatic N) is 1. The fraction of sp³-hybridized carbons (Fsp3) is 0.536. The van der Waals surface area contributed by atoms with Crippen molar-refractivity contribution in [3.63, 3.8) is 0 Å². The third-order valence-electron chi connectivity index (χ3n) is 6.44. The van der Waals surface area contributed by atoms with Crippen LogP contribution in [0.15, 0.2) is 46.9 Å². The molecule has 36 heavy (non-hydrogen) atoms. The van der Waals surface area contributed by atoms with Gasteiger partial charge < -0.3 is 18.7 Å². The maximum atomic E-state index is 12.4. The number of halogens is 1. The smallest absolute Gasteiger partial charge is 0.221 e. The highest BCUT2D eigenvalue weighted by Crippen LogP contribution is 2.44. The van der Waals surface area contributed by atoms with Gasteiger partial charge in [-0.3, -0.25) is 0 Å². The van der Waals surface area contributed by atoms with Crippen LogP contribution in [0.25, 0.3) is 0 Å². The van der Waals surface area contributed by atoms with Crippen LogP contribution in [0.4, 0.5) is 0 Å². The Kier molecular flexibility index (Phi) is 9.10. The summed E-state index contributed by atoms with van der Waals surface area (Å²) >= 11 is 3.48. The van der Waals surface area contributed by atoms with Gasteiger partial charge in [-0.2, -0.15) is 5.26 Å². The van der Waals surface area contributed by atoms with E-state index < -0.39 is 28.5 Å². The second-order valence-corrected chi connectivity index (χ2v) is 21.6. The van der Waals surface area contributed by atoms with E-state index in [9.17, 15) is 10.4 Å². The molecule has 0 spiro atoms. The van der Waals surface area contributed by atoms with Crippen LogP contribution in [0.1, 0.15) is 42.5 Å². The van der Waals surface area contributed by atoms with Crippen molar-refractivity contribution in [2.75, 3.05) is 0 Å². The first kappa shape index (κ1) is 29.2. The highest BCUT2D eigenvalue weighted by Gasteiger charge is 2.56. The van der Waals surface area contributed by atoms with E-state index in [0.717, 1.165) is 22.0 Å². The fourth-order valence-electron chi connectivity index (χ4n) is 4.80. The zero-order valence-corrected chi connectivity index (χ0v) is 26.3. The summed E-state index contributed by atoms with van der Waals surface area (Å²) in [7, 11) is -4.07. The Morgan fingerprint density at radius 1 is 1.03 bits per heavy atom. The standard InChI is InChI=1S/C28H40BrNO4Si2/c1-9-25-19(2)26(33-35(3,4)5)27(34-36(6,7)8)28(31,32-25)23-13-12-21(18-30)22(17-23)16-20-10-14-24(29)15-11-20/h10-15,17,19,25-27,31H,9,16H2,1-8H3/t19-,25-,26+,27-,28?/m1/s1. The minimum absolute atomic E-state index is 0.0592. The summed E-state index contributed by atoms with van der Waals surface area (Å²) in [5.41, 5.74) is 3.11. The number of nitriles is 1. The Balaban J connectivity index is 2.13. The third-order valence-corrected chi connectivity index (χ3v) is 8.91. The van der Waals surface area contributed by atoms with Crippen molar-refractivity contribution in [1.82, 2.24) is 0 Å². The van der Waals surface area contributed by atoms with Gasteiger partial charge in [-0.1, -0.05) is 48.0 Å². The van der Waals surface area contributed by atoms with Gasteiger partial charge in [-0.15, -0.1) is 0 Å². The van der Waals surface area contributed by atoms with E-state index in [1.54, 1.807) is 12.1 Å². The SMILES string of the molecule is CC[C@H]1OC(O)(c2ccc(C#N)c(Cc3ccc(Br)cc3)c2)[C@H](O[Si](C)(C)C)[C@@H](O[Si](C)(C)C)[C@@H]1C. The molecule has 2 aromatic rings. The predicted octanol–water partition coefficient (Wildman–Crippen LogP) is 6.94. The van der Waals surface area contributed by atoms with Gasteiger partial charge in [0.25, 0.3) is 0 Å². The zero-order valence-electron chi connectivity index (χ0n) is 22.8. The maximum Gasteiger partial charge on any atom is 0.221 e. The van der Waals surface area contributed by atoms with Crippen molar-refractivity contribution >= 4 is 32.6 Å². The van der Waals surface area contributed by atoms with Crippen LogP contribution in [-0.4, -0.2) is 40.1 Å². The average molecular weight is 591 g/mol. The van der Waals surface area contributed by atoms with Crippen LogP contribution in [0.3, 0.4) is 0 Å². The highest BCUT2D eigenvalue weighted by molar-refractivity contribution is 9.10. The van der Waals surface area contributed by atoms with Gasteiger partial charge in [0.15, 0.2) is 16.6 Å². The molecular formula is C28H40BrNO4Si2. The minimum atomic E-state index is -2.10. The largest absolute Gasteiger partial charge is 0.412 e. The Morgan fingerprint density at radius 3 is 2.17 bits per heavy atom. The van der Waals surface area contributed by atoms with Crippen LogP contribution >= 0.6 is 15.9 Å². The molecule has 1 unspecified atom stereocenters. The van der Waals surface area contributed by atoms with E-state index in [-0.39, 0.29) is 18.1 Å². The molecule has 0 radical (unpaired) electrons. The summed E-state index contributed by atoms with van der Waals surface area (Å²) in [6, 6.07) is 15.9. The normalized spacial score (nSPS) is 27.0.